The van der Waals surface area contributed by atoms with E-state index in [4.69, 9.17) is 0 Å². The molecular formula is C14H18OS2. The lowest BCUT2D eigenvalue weighted by molar-refractivity contribution is 0.152. The van der Waals surface area contributed by atoms with Crippen molar-refractivity contribution < 1.29 is 5.11 Å². The van der Waals surface area contributed by atoms with Gasteiger partial charge in [0.2, 0.25) is 0 Å². The Labute approximate surface area is 111 Å². The second-order valence-corrected chi connectivity index (χ2v) is 6.31. The Bertz CT molecular complexity index is 392. The molecule has 0 aliphatic carbocycles. The third-order valence-corrected chi connectivity index (χ3v) is 4.72. The first-order valence-corrected chi connectivity index (χ1v) is 7.83. The van der Waals surface area contributed by atoms with Gasteiger partial charge in [-0.3, -0.25) is 0 Å². The molecule has 0 radical (unpaired) electrons. The van der Waals surface area contributed by atoms with Crippen LogP contribution in [0.4, 0.5) is 0 Å². The maximum Gasteiger partial charge on any atom is 0.0543 e. The zero-order valence-electron chi connectivity index (χ0n) is 9.84. The third-order valence-electron chi connectivity index (χ3n) is 2.84. The van der Waals surface area contributed by atoms with Crippen LogP contribution in [0.5, 0.6) is 0 Å². The van der Waals surface area contributed by atoms with Crippen molar-refractivity contribution in [2.45, 2.75) is 38.2 Å². The third kappa shape index (κ3) is 4.62. The van der Waals surface area contributed by atoms with Crippen molar-refractivity contribution in [3.05, 3.63) is 44.8 Å². The summed E-state index contributed by atoms with van der Waals surface area (Å²) in [5.74, 6) is 0. The first-order valence-electron chi connectivity index (χ1n) is 6.07. The van der Waals surface area contributed by atoms with Crippen molar-refractivity contribution in [1.29, 1.82) is 0 Å². The fourth-order valence-electron chi connectivity index (χ4n) is 1.87. The van der Waals surface area contributed by atoms with Crippen molar-refractivity contribution in [3.8, 4) is 0 Å². The van der Waals surface area contributed by atoms with E-state index < -0.39 is 0 Å². The minimum atomic E-state index is -0.142. The Hall–Kier alpha value is -0.640. The minimum absolute atomic E-state index is 0.142. The Balaban J connectivity index is 1.59. The highest BCUT2D eigenvalue weighted by Crippen LogP contribution is 2.16. The average molecular weight is 266 g/mol. The molecule has 2 aromatic rings. The first-order chi connectivity index (χ1) is 8.34. The van der Waals surface area contributed by atoms with Crippen LogP contribution in [0, 0.1) is 0 Å². The lowest BCUT2D eigenvalue weighted by Crippen LogP contribution is -2.07. The molecule has 0 aliphatic heterocycles. The van der Waals surface area contributed by atoms with E-state index in [0.29, 0.717) is 0 Å². The number of thiophene rings is 2. The molecule has 2 rings (SSSR count). The predicted molar refractivity (Wildman–Crippen MR) is 75.9 cm³/mol. The molecule has 0 bridgehead atoms. The van der Waals surface area contributed by atoms with Gasteiger partial charge in [0.1, 0.15) is 0 Å². The molecule has 0 saturated carbocycles. The molecule has 17 heavy (non-hydrogen) atoms. The van der Waals surface area contributed by atoms with E-state index in [9.17, 15) is 5.11 Å². The monoisotopic (exact) mass is 266 g/mol. The van der Waals surface area contributed by atoms with Crippen LogP contribution in [-0.4, -0.2) is 11.2 Å². The standard InChI is InChI=1S/C14H18OS2/c15-12(8-9-14-7-3-11-17-14)4-1-5-13-6-2-10-16-13/h2-3,6-7,10-12,15H,1,4-5,8-9H2. The lowest BCUT2D eigenvalue weighted by atomic mass is 10.1. The van der Waals surface area contributed by atoms with Crippen LogP contribution in [-0.2, 0) is 12.8 Å². The predicted octanol–water partition coefficient (Wildman–Crippen LogP) is 4.13. The van der Waals surface area contributed by atoms with E-state index >= 15 is 0 Å². The molecule has 0 aromatic carbocycles. The average Bonchev–Trinajstić information content (AvgIpc) is 2.99. The number of aliphatic hydroxyl groups is 1. The number of hydrogen-bond acceptors (Lipinski definition) is 3. The zero-order chi connectivity index (χ0) is 11.9. The highest BCUT2D eigenvalue weighted by atomic mass is 32.1. The number of aliphatic hydroxyl groups excluding tert-OH is 1. The SMILES string of the molecule is OC(CCCc1cccs1)CCc1cccs1. The molecule has 2 aromatic heterocycles. The normalized spacial score (nSPS) is 12.8. The van der Waals surface area contributed by atoms with Crippen molar-refractivity contribution in [3.63, 3.8) is 0 Å². The summed E-state index contributed by atoms with van der Waals surface area (Å²) in [6.45, 7) is 0. The van der Waals surface area contributed by atoms with Crippen molar-refractivity contribution in [1.82, 2.24) is 0 Å². The van der Waals surface area contributed by atoms with Gasteiger partial charge >= 0.3 is 0 Å². The lowest BCUT2D eigenvalue weighted by Gasteiger charge is -2.08. The van der Waals surface area contributed by atoms with Gasteiger partial charge in [0.15, 0.2) is 0 Å². The van der Waals surface area contributed by atoms with Crippen LogP contribution >= 0.6 is 22.7 Å². The Morgan fingerprint density at radius 2 is 1.59 bits per heavy atom. The van der Waals surface area contributed by atoms with Crippen LogP contribution in [0.1, 0.15) is 29.0 Å². The summed E-state index contributed by atoms with van der Waals surface area (Å²) in [6, 6.07) is 8.47. The summed E-state index contributed by atoms with van der Waals surface area (Å²) in [5, 5.41) is 14.1. The summed E-state index contributed by atoms with van der Waals surface area (Å²) in [7, 11) is 0. The largest absolute Gasteiger partial charge is 0.393 e. The van der Waals surface area contributed by atoms with Crippen LogP contribution in [0.3, 0.4) is 0 Å². The molecular weight excluding hydrogens is 248 g/mol. The maximum absolute atomic E-state index is 9.88. The molecule has 3 heteroatoms. The van der Waals surface area contributed by atoms with E-state index in [0.717, 1.165) is 32.1 Å². The van der Waals surface area contributed by atoms with Gasteiger partial charge in [-0.25, -0.2) is 0 Å². The number of aryl methyl sites for hydroxylation is 2. The summed E-state index contributed by atoms with van der Waals surface area (Å²) >= 11 is 3.58. The smallest absolute Gasteiger partial charge is 0.0543 e. The summed E-state index contributed by atoms with van der Waals surface area (Å²) in [5.41, 5.74) is 0. The van der Waals surface area contributed by atoms with Crippen LogP contribution in [0.25, 0.3) is 0 Å². The van der Waals surface area contributed by atoms with E-state index in [1.54, 1.807) is 22.7 Å². The molecule has 92 valence electrons. The zero-order valence-corrected chi connectivity index (χ0v) is 11.5. The second-order valence-electron chi connectivity index (χ2n) is 4.24. The maximum atomic E-state index is 9.88. The summed E-state index contributed by atoms with van der Waals surface area (Å²) in [4.78, 5) is 2.80. The van der Waals surface area contributed by atoms with Gasteiger partial charge in [-0.1, -0.05) is 12.1 Å². The van der Waals surface area contributed by atoms with E-state index in [-0.39, 0.29) is 6.10 Å². The van der Waals surface area contributed by atoms with Crippen molar-refractivity contribution in [2.24, 2.45) is 0 Å². The van der Waals surface area contributed by atoms with Crippen LogP contribution in [0.15, 0.2) is 35.0 Å². The van der Waals surface area contributed by atoms with Crippen LogP contribution in [0.2, 0.25) is 0 Å². The molecule has 0 saturated heterocycles. The number of hydrogen-bond donors (Lipinski definition) is 1. The molecule has 0 aliphatic rings. The molecule has 1 nitrogen and oxygen atoms in total. The summed E-state index contributed by atoms with van der Waals surface area (Å²) in [6.07, 6.45) is 4.88. The van der Waals surface area contributed by atoms with E-state index in [1.165, 1.54) is 9.75 Å². The number of rotatable bonds is 7. The Kier molecular flexibility index (Phi) is 5.23. The molecule has 0 spiro atoms. The van der Waals surface area contributed by atoms with Gasteiger partial charge < -0.3 is 5.11 Å². The van der Waals surface area contributed by atoms with Gasteiger partial charge in [0.05, 0.1) is 6.10 Å². The summed E-state index contributed by atoms with van der Waals surface area (Å²) < 4.78 is 0. The van der Waals surface area contributed by atoms with Gasteiger partial charge in [-0.05, 0) is 55.0 Å². The molecule has 0 amide bonds. The highest BCUT2D eigenvalue weighted by Gasteiger charge is 2.05. The molecule has 1 unspecified atom stereocenters. The minimum Gasteiger partial charge on any atom is -0.393 e. The van der Waals surface area contributed by atoms with Crippen molar-refractivity contribution in [2.75, 3.05) is 0 Å². The quantitative estimate of drug-likeness (QED) is 0.799. The topological polar surface area (TPSA) is 20.2 Å². The molecule has 1 N–H and O–H groups in total. The molecule has 2 heterocycles. The fraction of sp³-hybridized carbons (Fsp3) is 0.429. The van der Waals surface area contributed by atoms with Gasteiger partial charge in [0.25, 0.3) is 0 Å². The molecule has 1 atom stereocenters. The first kappa shape index (κ1) is 12.8. The Morgan fingerprint density at radius 1 is 0.941 bits per heavy atom. The molecule has 0 fully saturated rings. The van der Waals surface area contributed by atoms with Crippen molar-refractivity contribution >= 4 is 22.7 Å². The van der Waals surface area contributed by atoms with Gasteiger partial charge in [0, 0.05) is 9.75 Å². The Morgan fingerprint density at radius 3 is 2.18 bits per heavy atom. The van der Waals surface area contributed by atoms with E-state index in [2.05, 4.69) is 35.0 Å². The highest BCUT2D eigenvalue weighted by molar-refractivity contribution is 7.10. The van der Waals surface area contributed by atoms with Crippen LogP contribution < -0.4 is 0 Å². The van der Waals surface area contributed by atoms with E-state index in [1.807, 2.05) is 0 Å². The second kappa shape index (κ2) is 6.94. The fourth-order valence-corrected chi connectivity index (χ4v) is 3.35. The van der Waals surface area contributed by atoms with Gasteiger partial charge in [-0.15, -0.1) is 22.7 Å². The van der Waals surface area contributed by atoms with Gasteiger partial charge in [-0.2, -0.15) is 0 Å².